The standard InChI is InChI=1S/C42H40BN3/c1-41(2,3)31-21-23-44-37(27-31)29-13-12-14-33(25-29)43-35-17-10-11-18-39(35)46(34-15-8-7-9-16-34)40-20-19-30(26-36(40)43)38-28-32(22-24-45-38)42(4,5)6/h7-28H,1-6H3. The maximum Gasteiger partial charge on any atom is 0.246 e. The van der Waals surface area contributed by atoms with Crippen LogP contribution in [0.3, 0.4) is 0 Å². The van der Waals surface area contributed by atoms with Gasteiger partial charge in [0.2, 0.25) is 6.71 Å². The van der Waals surface area contributed by atoms with Crippen molar-refractivity contribution in [3.8, 4) is 22.5 Å². The molecular weight excluding hydrogens is 557 g/mol. The quantitative estimate of drug-likeness (QED) is 0.190. The summed E-state index contributed by atoms with van der Waals surface area (Å²) in [5, 5.41) is 0. The van der Waals surface area contributed by atoms with Crippen molar-refractivity contribution in [3.05, 3.63) is 145 Å². The second-order valence-corrected chi connectivity index (χ2v) is 14.4. The second-order valence-electron chi connectivity index (χ2n) is 14.4. The number of hydrogen-bond donors (Lipinski definition) is 0. The lowest BCUT2D eigenvalue weighted by Gasteiger charge is -2.37. The minimum Gasteiger partial charge on any atom is -0.312 e. The molecule has 3 nitrogen and oxygen atoms in total. The first-order chi connectivity index (χ1) is 22.1. The lowest BCUT2D eigenvalue weighted by molar-refractivity contribution is 0.589. The van der Waals surface area contributed by atoms with Gasteiger partial charge in [0.15, 0.2) is 0 Å². The molecule has 1 aliphatic heterocycles. The van der Waals surface area contributed by atoms with E-state index in [1.165, 1.54) is 38.9 Å². The normalized spacial score (nSPS) is 12.9. The van der Waals surface area contributed by atoms with Crippen molar-refractivity contribution in [2.75, 3.05) is 4.90 Å². The van der Waals surface area contributed by atoms with Crippen molar-refractivity contribution in [1.29, 1.82) is 0 Å². The average Bonchev–Trinajstić information content (AvgIpc) is 3.06. The van der Waals surface area contributed by atoms with Crippen molar-refractivity contribution in [2.24, 2.45) is 0 Å². The van der Waals surface area contributed by atoms with Crippen LogP contribution in [0.2, 0.25) is 0 Å². The molecule has 226 valence electrons. The molecule has 0 saturated heterocycles. The molecule has 7 rings (SSSR count). The van der Waals surface area contributed by atoms with Gasteiger partial charge < -0.3 is 4.90 Å². The third kappa shape index (κ3) is 5.54. The van der Waals surface area contributed by atoms with E-state index in [2.05, 4.69) is 168 Å². The summed E-state index contributed by atoms with van der Waals surface area (Å²) in [5.74, 6) is 0. The molecule has 0 atom stereocenters. The van der Waals surface area contributed by atoms with Gasteiger partial charge in [0.05, 0.1) is 11.4 Å². The number of anilines is 3. The van der Waals surface area contributed by atoms with Gasteiger partial charge in [-0.3, -0.25) is 9.97 Å². The summed E-state index contributed by atoms with van der Waals surface area (Å²) in [6.45, 7) is 13.5. The summed E-state index contributed by atoms with van der Waals surface area (Å²) < 4.78 is 0. The van der Waals surface area contributed by atoms with Crippen molar-refractivity contribution in [1.82, 2.24) is 9.97 Å². The van der Waals surface area contributed by atoms with Gasteiger partial charge in [0.25, 0.3) is 0 Å². The van der Waals surface area contributed by atoms with E-state index in [9.17, 15) is 0 Å². The highest BCUT2D eigenvalue weighted by Crippen LogP contribution is 2.37. The number of pyridine rings is 2. The highest BCUT2D eigenvalue weighted by molar-refractivity contribution is 6.98. The zero-order valence-electron chi connectivity index (χ0n) is 27.6. The smallest absolute Gasteiger partial charge is 0.246 e. The zero-order valence-corrected chi connectivity index (χ0v) is 27.6. The lowest BCUT2D eigenvalue weighted by Crippen LogP contribution is -2.57. The number of nitrogens with zero attached hydrogens (tertiary/aromatic N) is 3. The number of benzene rings is 4. The summed E-state index contributed by atoms with van der Waals surface area (Å²) in [7, 11) is 0. The summed E-state index contributed by atoms with van der Waals surface area (Å²) in [6.07, 6.45) is 3.89. The Hall–Kier alpha value is -4.96. The highest BCUT2D eigenvalue weighted by Gasteiger charge is 2.35. The molecule has 0 radical (unpaired) electrons. The Morgan fingerprint density at radius 2 is 1.09 bits per heavy atom. The molecule has 4 aromatic carbocycles. The third-order valence-corrected chi connectivity index (χ3v) is 9.15. The Kier molecular flexibility index (Phi) is 7.40. The van der Waals surface area contributed by atoms with E-state index >= 15 is 0 Å². The van der Waals surface area contributed by atoms with Crippen LogP contribution in [-0.2, 0) is 10.8 Å². The van der Waals surface area contributed by atoms with Crippen molar-refractivity contribution < 1.29 is 0 Å². The minimum absolute atomic E-state index is 0.0302. The van der Waals surface area contributed by atoms with Crippen LogP contribution in [-0.4, -0.2) is 16.7 Å². The van der Waals surface area contributed by atoms with Crippen LogP contribution >= 0.6 is 0 Å². The molecule has 0 bridgehead atoms. The first-order valence-corrected chi connectivity index (χ1v) is 16.2. The second kappa shape index (κ2) is 11.4. The maximum atomic E-state index is 4.85. The van der Waals surface area contributed by atoms with Gasteiger partial charge in [0.1, 0.15) is 0 Å². The first-order valence-electron chi connectivity index (χ1n) is 16.2. The summed E-state index contributed by atoms with van der Waals surface area (Å²) in [6, 6.07) is 44.1. The van der Waals surface area contributed by atoms with Crippen LogP contribution in [0.15, 0.2) is 134 Å². The van der Waals surface area contributed by atoms with Gasteiger partial charge in [-0.2, -0.15) is 0 Å². The van der Waals surface area contributed by atoms with Crippen molar-refractivity contribution >= 4 is 40.2 Å². The molecule has 0 amide bonds. The summed E-state index contributed by atoms with van der Waals surface area (Å²) >= 11 is 0. The van der Waals surface area contributed by atoms with Gasteiger partial charge in [-0.25, -0.2) is 0 Å². The summed E-state index contributed by atoms with van der Waals surface area (Å²) in [4.78, 5) is 12.1. The number of fused-ring (bicyclic) bond motifs is 2. The SMILES string of the molecule is CC(C)(C)c1ccnc(-c2cccc(B3c4ccccc4N(c4ccccc4)c4ccc(-c5cc(C(C)(C)C)ccn5)cc43)c2)c1. The Bertz CT molecular complexity index is 2040. The molecule has 0 aliphatic carbocycles. The van der Waals surface area contributed by atoms with Gasteiger partial charge in [0, 0.05) is 29.5 Å². The number of aromatic nitrogens is 2. The number of hydrogen-bond acceptors (Lipinski definition) is 3. The van der Waals surface area contributed by atoms with E-state index in [4.69, 9.17) is 9.97 Å². The third-order valence-electron chi connectivity index (χ3n) is 9.15. The highest BCUT2D eigenvalue weighted by atomic mass is 15.1. The topological polar surface area (TPSA) is 29.0 Å². The minimum atomic E-state index is 0.0302. The molecule has 1 aliphatic rings. The Morgan fingerprint density at radius 3 is 1.74 bits per heavy atom. The predicted octanol–water partition coefficient (Wildman–Crippen LogP) is 8.71. The van der Waals surface area contributed by atoms with Gasteiger partial charge >= 0.3 is 0 Å². The summed E-state index contributed by atoms with van der Waals surface area (Å²) in [5.41, 5.74) is 14.2. The van der Waals surface area contributed by atoms with Gasteiger partial charge in [-0.1, -0.05) is 120 Å². The molecule has 4 heteroatoms. The molecule has 6 aromatic rings. The molecule has 0 unspecified atom stereocenters. The Morgan fingerprint density at radius 1 is 0.500 bits per heavy atom. The van der Waals surface area contributed by atoms with E-state index < -0.39 is 0 Å². The fourth-order valence-electron chi connectivity index (χ4n) is 6.58. The van der Waals surface area contributed by atoms with Gasteiger partial charge in [-0.05, 0) is 92.5 Å². The zero-order chi connectivity index (χ0) is 32.1. The van der Waals surface area contributed by atoms with Crippen molar-refractivity contribution in [2.45, 2.75) is 52.4 Å². The predicted molar refractivity (Wildman–Crippen MR) is 196 cm³/mol. The molecule has 46 heavy (non-hydrogen) atoms. The fraction of sp³-hybridized carbons (Fsp3) is 0.190. The van der Waals surface area contributed by atoms with Crippen LogP contribution in [0, 0.1) is 0 Å². The molecule has 0 N–H and O–H groups in total. The van der Waals surface area contributed by atoms with Crippen LogP contribution in [0.5, 0.6) is 0 Å². The van der Waals surface area contributed by atoms with Gasteiger partial charge in [-0.15, -0.1) is 0 Å². The largest absolute Gasteiger partial charge is 0.312 e. The molecule has 0 saturated carbocycles. The van der Waals surface area contributed by atoms with Crippen LogP contribution in [0.1, 0.15) is 52.7 Å². The monoisotopic (exact) mass is 597 g/mol. The van der Waals surface area contributed by atoms with Crippen LogP contribution in [0.25, 0.3) is 22.5 Å². The van der Waals surface area contributed by atoms with E-state index in [1.54, 1.807) is 0 Å². The first kappa shape index (κ1) is 29.7. The molecule has 3 heterocycles. The van der Waals surface area contributed by atoms with E-state index in [-0.39, 0.29) is 17.5 Å². The van der Waals surface area contributed by atoms with E-state index in [0.29, 0.717) is 0 Å². The maximum absolute atomic E-state index is 4.85. The molecule has 0 spiro atoms. The van der Waals surface area contributed by atoms with Crippen LogP contribution < -0.4 is 21.3 Å². The molecular formula is C42H40BN3. The lowest BCUT2D eigenvalue weighted by atomic mass is 9.35. The van der Waals surface area contributed by atoms with Crippen LogP contribution in [0.4, 0.5) is 17.1 Å². The average molecular weight is 598 g/mol. The Balaban J connectivity index is 1.44. The fourth-order valence-corrected chi connectivity index (χ4v) is 6.58. The Labute approximate surface area is 274 Å². The van der Waals surface area contributed by atoms with E-state index in [0.717, 1.165) is 28.2 Å². The number of para-hydroxylation sites is 2. The molecule has 0 fully saturated rings. The number of rotatable bonds is 4. The van der Waals surface area contributed by atoms with Crippen molar-refractivity contribution in [3.63, 3.8) is 0 Å². The van der Waals surface area contributed by atoms with E-state index in [1.807, 2.05) is 12.4 Å². The molecule has 2 aromatic heterocycles.